The Balaban J connectivity index is 1.90. The van der Waals surface area contributed by atoms with Gasteiger partial charge in [-0.05, 0) is 38.8 Å². The zero-order valence-electron chi connectivity index (χ0n) is 14.5. The van der Waals surface area contributed by atoms with E-state index < -0.39 is 0 Å². The van der Waals surface area contributed by atoms with Crippen molar-refractivity contribution in [3.8, 4) is 0 Å². The van der Waals surface area contributed by atoms with Gasteiger partial charge >= 0.3 is 0 Å². The van der Waals surface area contributed by atoms with Gasteiger partial charge in [0.05, 0.1) is 10.3 Å². The van der Waals surface area contributed by atoms with Crippen LogP contribution in [-0.2, 0) is 0 Å². The first-order valence-corrected chi connectivity index (χ1v) is 8.47. The van der Waals surface area contributed by atoms with Gasteiger partial charge in [-0.2, -0.15) is 0 Å². The average molecular weight is 328 g/mol. The van der Waals surface area contributed by atoms with Crippen LogP contribution in [0.2, 0.25) is 0 Å². The predicted octanol–water partition coefficient (Wildman–Crippen LogP) is 3.45. The van der Waals surface area contributed by atoms with Gasteiger partial charge in [-0.15, -0.1) is 0 Å². The number of hydrogen-bond donors (Lipinski definition) is 0. The number of fused-ring (bicyclic) bond motifs is 1. The van der Waals surface area contributed by atoms with Gasteiger partial charge in [0, 0.05) is 61.8 Å². The van der Waals surface area contributed by atoms with Crippen molar-refractivity contribution < 1.29 is 4.92 Å². The Morgan fingerprint density at radius 2 is 1.96 bits per heavy atom. The van der Waals surface area contributed by atoms with Crippen LogP contribution >= 0.6 is 0 Å². The molecule has 6 heteroatoms. The van der Waals surface area contributed by atoms with Crippen LogP contribution in [0.5, 0.6) is 0 Å². The normalized spacial score (nSPS) is 16.7. The molecule has 0 aliphatic carbocycles. The maximum atomic E-state index is 11.3. The molecule has 24 heavy (non-hydrogen) atoms. The average Bonchev–Trinajstić information content (AvgIpc) is 2.60. The minimum absolute atomic E-state index is 0.116. The first-order chi connectivity index (χ1) is 11.5. The highest BCUT2D eigenvalue weighted by Crippen LogP contribution is 2.34. The molecule has 128 valence electrons. The number of nitro benzene ring substituents is 1. The molecule has 1 fully saturated rings. The topological polar surface area (TPSA) is 62.5 Å². The number of aromatic nitrogens is 1. The van der Waals surface area contributed by atoms with Crippen LogP contribution in [0.25, 0.3) is 10.8 Å². The summed E-state index contributed by atoms with van der Waals surface area (Å²) in [6.45, 7) is 6.67. The fourth-order valence-corrected chi connectivity index (χ4v) is 3.61. The summed E-state index contributed by atoms with van der Waals surface area (Å²) in [5.74, 6) is 0. The molecular formula is C18H24N4O2. The molecule has 2 heterocycles. The van der Waals surface area contributed by atoms with E-state index in [2.05, 4.69) is 35.7 Å². The van der Waals surface area contributed by atoms with Crippen molar-refractivity contribution >= 4 is 22.1 Å². The number of benzene rings is 1. The van der Waals surface area contributed by atoms with E-state index in [9.17, 15) is 10.1 Å². The quantitative estimate of drug-likeness (QED) is 0.635. The molecule has 1 aliphatic heterocycles. The van der Waals surface area contributed by atoms with Gasteiger partial charge in [-0.3, -0.25) is 15.1 Å². The summed E-state index contributed by atoms with van der Waals surface area (Å²) in [5, 5.41) is 12.8. The Kier molecular flexibility index (Phi) is 4.66. The van der Waals surface area contributed by atoms with Gasteiger partial charge in [0.25, 0.3) is 5.69 Å². The van der Waals surface area contributed by atoms with Crippen LogP contribution < -0.4 is 4.90 Å². The Bertz CT molecular complexity index is 739. The highest BCUT2D eigenvalue weighted by atomic mass is 16.6. The second kappa shape index (κ2) is 6.73. The third-order valence-corrected chi connectivity index (χ3v) is 5.13. The minimum atomic E-state index is -0.338. The fourth-order valence-electron chi connectivity index (χ4n) is 3.61. The summed E-state index contributed by atoms with van der Waals surface area (Å²) in [6.07, 6.45) is 5.51. The fraction of sp³-hybridized carbons (Fsp3) is 0.500. The van der Waals surface area contributed by atoms with Gasteiger partial charge in [0.2, 0.25) is 0 Å². The highest BCUT2D eigenvalue weighted by molar-refractivity contribution is 5.99. The molecule has 0 unspecified atom stereocenters. The Labute approximate surface area is 142 Å². The van der Waals surface area contributed by atoms with Crippen LogP contribution in [0.1, 0.15) is 26.7 Å². The summed E-state index contributed by atoms with van der Waals surface area (Å²) >= 11 is 0. The van der Waals surface area contributed by atoms with Crippen LogP contribution in [0.3, 0.4) is 0 Å². The van der Waals surface area contributed by atoms with Crippen molar-refractivity contribution in [2.75, 3.05) is 25.0 Å². The van der Waals surface area contributed by atoms with Crippen LogP contribution in [0, 0.1) is 10.1 Å². The molecule has 2 aromatic rings. The predicted molar refractivity (Wildman–Crippen MR) is 96.5 cm³/mol. The molecule has 1 saturated heterocycles. The Morgan fingerprint density at radius 3 is 2.58 bits per heavy atom. The standard InChI is InChI=1S/C18H24N4O2/c1-13(2)21-10-7-14(8-11-21)20(3)17-4-5-18(22(23)24)16-12-19-9-6-15(16)17/h4-6,9,12-14H,7-8,10-11H2,1-3H3. The molecule has 0 spiro atoms. The molecule has 1 aromatic heterocycles. The van der Waals surface area contributed by atoms with Gasteiger partial charge in [-0.25, -0.2) is 0 Å². The first-order valence-electron chi connectivity index (χ1n) is 8.47. The molecule has 0 bridgehead atoms. The molecule has 0 radical (unpaired) electrons. The molecule has 1 aliphatic rings. The minimum Gasteiger partial charge on any atom is -0.371 e. The van der Waals surface area contributed by atoms with E-state index in [1.54, 1.807) is 18.5 Å². The smallest absolute Gasteiger partial charge is 0.278 e. The zero-order chi connectivity index (χ0) is 17.3. The number of pyridine rings is 1. The second-order valence-corrected chi connectivity index (χ2v) is 6.75. The van der Waals surface area contributed by atoms with E-state index in [4.69, 9.17) is 0 Å². The number of likely N-dealkylation sites (tertiary alicyclic amines) is 1. The van der Waals surface area contributed by atoms with E-state index in [1.807, 2.05) is 12.1 Å². The number of anilines is 1. The van der Waals surface area contributed by atoms with E-state index in [0.29, 0.717) is 17.5 Å². The molecule has 6 nitrogen and oxygen atoms in total. The summed E-state index contributed by atoms with van der Waals surface area (Å²) in [4.78, 5) is 19.8. The number of hydrogen-bond acceptors (Lipinski definition) is 5. The van der Waals surface area contributed by atoms with Crippen molar-refractivity contribution in [1.29, 1.82) is 0 Å². The molecule has 0 saturated carbocycles. The first kappa shape index (κ1) is 16.6. The Hall–Kier alpha value is -2.21. The van der Waals surface area contributed by atoms with Crippen LogP contribution in [0.4, 0.5) is 11.4 Å². The highest BCUT2D eigenvalue weighted by Gasteiger charge is 2.25. The maximum Gasteiger partial charge on any atom is 0.278 e. The van der Waals surface area contributed by atoms with Crippen molar-refractivity contribution in [2.24, 2.45) is 0 Å². The summed E-state index contributed by atoms with van der Waals surface area (Å²) < 4.78 is 0. The molecule has 1 aromatic carbocycles. The maximum absolute atomic E-state index is 11.3. The molecule has 3 rings (SSSR count). The van der Waals surface area contributed by atoms with E-state index >= 15 is 0 Å². The number of piperidine rings is 1. The van der Waals surface area contributed by atoms with E-state index in [0.717, 1.165) is 37.0 Å². The largest absolute Gasteiger partial charge is 0.371 e. The third kappa shape index (κ3) is 3.06. The number of nitrogens with zero attached hydrogens (tertiary/aromatic N) is 4. The lowest BCUT2D eigenvalue weighted by molar-refractivity contribution is -0.383. The van der Waals surface area contributed by atoms with Crippen LogP contribution in [-0.4, -0.2) is 47.0 Å². The lowest BCUT2D eigenvalue weighted by Gasteiger charge is -2.39. The lowest BCUT2D eigenvalue weighted by atomic mass is 10.0. The van der Waals surface area contributed by atoms with Crippen molar-refractivity contribution in [2.45, 2.75) is 38.8 Å². The monoisotopic (exact) mass is 328 g/mol. The molecule has 0 N–H and O–H groups in total. The van der Waals surface area contributed by atoms with Gasteiger partial charge in [-0.1, -0.05) is 0 Å². The lowest BCUT2D eigenvalue weighted by Crippen LogP contribution is -2.45. The van der Waals surface area contributed by atoms with Crippen LogP contribution in [0.15, 0.2) is 30.6 Å². The van der Waals surface area contributed by atoms with Crippen molar-refractivity contribution in [3.05, 3.63) is 40.7 Å². The Morgan fingerprint density at radius 1 is 1.25 bits per heavy atom. The third-order valence-electron chi connectivity index (χ3n) is 5.13. The summed E-state index contributed by atoms with van der Waals surface area (Å²) in [6, 6.07) is 6.38. The number of nitro groups is 1. The number of rotatable bonds is 4. The van der Waals surface area contributed by atoms with E-state index in [1.165, 1.54) is 0 Å². The van der Waals surface area contributed by atoms with Gasteiger partial charge in [0.1, 0.15) is 0 Å². The van der Waals surface area contributed by atoms with Crippen molar-refractivity contribution in [1.82, 2.24) is 9.88 Å². The number of non-ortho nitro benzene ring substituents is 1. The zero-order valence-corrected chi connectivity index (χ0v) is 14.5. The second-order valence-electron chi connectivity index (χ2n) is 6.75. The van der Waals surface area contributed by atoms with E-state index in [-0.39, 0.29) is 10.6 Å². The summed E-state index contributed by atoms with van der Waals surface area (Å²) in [5.41, 5.74) is 1.16. The molecule has 0 atom stereocenters. The van der Waals surface area contributed by atoms with Gasteiger partial charge in [0.15, 0.2) is 0 Å². The molecular weight excluding hydrogens is 304 g/mol. The summed E-state index contributed by atoms with van der Waals surface area (Å²) in [7, 11) is 2.09. The van der Waals surface area contributed by atoms with Crippen molar-refractivity contribution in [3.63, 3.8) is 0 Å². The van der Waals surface area contributed by atoms with Gasteiger partial charge < -0.3 is 9.80 Å². The SMILES string of the molecule is CC(C)N1CCC(N(C)c2ccc([N+](=O)[O-])c3cnccc23)CC1. The molecule has 0 amide bonds.